The Morgan fingerprint density at radius 3 is 2.79 bits per heavy atom. The van der Waals surface area contributed by atoms with Gasteiger partial charge in [-0.05, 0) is 6.92 Å². The number of hydrogen-bond acceptors (Lipinski definition) is 1. The molecule has 0 aromatic heterocycles. The molecule has 0 fully saturated rings. The second-order valence-electron chi connectivity index (χ2n) is 3.20. The third-order valence-electron chi connectivity index (χ3n) is 2.24. The fraction of sp³-hybridized carbons (Fsp3) is 0.333. The average molecular weight is 188 g/mol. The van der Waals surface area contributed by atoms with Gasteiger partial charge < -0.3 is 4.74 Å². The fourth-order valence-corrected chi connectivity index (χ4v) is 1.64. The maximum absolute atomic E-state index is 5.56. The highest BCUT2D eigenvalue weighted by Crippen LogP contribution is 2.25. The highest BCUT2D eigenvalue weighted by atomic mass is 16.5. The van der Waals surface area contributed by atoms with Crippen molar-refractivity contribution in [2.75, 3.05) is 13.2 Å². The van der Waals surface area contributed by atoms with Gasteiger partial charge in [0, 0.05) is 18.5 Å². The second kappa shape index (κ2) is 4.18. The minimum Gasteiger partial charge on any atom is -0.496 e. The molecule has 0 atom stereocenters. The van der Waals surface area contributed by atoms with Gasteiger partial charge in [-0.15, -0.1) is 0 Å². The van der Waals surface area contributed by atoms with Crippen molar-refractivity contribution < 1.29 is 4.74 Å². The SMILES string of the molecule is CCOC1=C(c2ccccc2)[N]CC1. The molecule has 0 aliphatic carbocycles. The third kappa shape index (κ3) is 1.74. The molecule has 2 nitrogen and oxygen atoms in total. The minimum atomic E-state index is 0.723. The van der Waals surface area contributed by atoms with Gasteiger partial charge in [-0.3, -0.25) is 5.32 Å². The van der Waals surface area contributed by atoms with Crippen LogP contribution < -0.4 is 5.32 Å². The fourth-order valence-electron chi connectivity index (χ4n) is 1.64. The van der Waals surface area contributed by atoms with Crippen molar-refractivity contribution in [3.8, 4) is 0 Å². The third-order valence-corrected chi connectivity index (χ3v) is 2.24. The van der Waals surface area contributed by atoms with Crippen LogP contribution in [0.4, 0.5) is 0 Å². The van der Waals surface area contributed by atoms with Crippen molar-refractivity contribution in [2.45, 2.75) is 13.3 Å². The van der Waals surface area contributed by atoms with Crippen LogP contribution in [0, 0.1) is 0 Å². The monoisotopic (exact) mass is 188 g/mol. The molecule has 1 heterocycles. The van der Waals surface area contributed by atoms with E-state index in [1.54, 1.807) is 0 Å². The Labute approximate surface area is 84.6 Å². The summed E-state index contributed by atoms with van der Waals surface area (Å²) in [5.41, 5.74) is 2.20. The van der Waals surface area contributed by atoms with Gasteiger partial charge >= 0.3 is 0 Å². The molecule has 14 heavy (non-hydrogen) atoms. The Morgan fingerprint density at radius 1 is 1.29 bits per heavy atom. The van der Waals surface area contributed by atoms with Gasteiger partial charge in [0.15, 0.2) is 0 Å². The van der Waals surface area contributed by atoms with Crippen LogP contribution in [-0.2, 0) is 4.74 Å². The van der Waals surface area contributed by atoms with Crippen molar-refractivity contribution >= 4 is 5.70 Å². The summed E-state index contributed by atoms with van der Waals surface area (Å²) in [6.07, 6.45) is 0.943. The van der Waals surface area contributed by atoms with E-state index in [1.807, 2.05) is 25.1 Å². The highest BCUT2D eigenvalue weighted by Gasteiger charge is 2.17. The number of benzene rings is 1. The molecule has 1 aromatic rings. The predicted molar refractivity (Wildman–Crippen MR) is 56.6 cm³/mol. The Hall–Kier alpha value is -1.44. The molecule has 0 saturated carbocycles. The lowest BCUT2D eigenvalue weighted by Crippen LogP contribution is -1.97. The molecule has 73 valence electrons. The maximum atomic E-state index is 5.56. The summed E-state index contributed by atoms with van der Waals surface area (Å²) in [5, 5.41) is 4.46. The molecule has 2 heteroatoms. The number of rotatable bonds is 3. The van der Waals surface area contributed by atoms with Crippen molar-refractivity contribution in [2.24, 2.45) is 0 Å². The van der Waals surface area contributed by atoms with Crippen LogP contribution >= 0.6 is 0 Å². The van der Waals surface area contributed by atoms with Gasteiger partial charge in [0.2, 0.25) is 0 Å². The molecule has 1 radical (unpaired) electrons. The Morgan fingerprint density at radius 2 is 2.07 bits per heavy atom. The first-order valence-corrected chi connectivity index (χ1v) is 5.00. The summed E-state index contributed by atoms with van der Waals surface area (Å²) in [7, 11) is 0. The summed E-state index contributed by atoms with van der Waals surface area (Å²) in [6.45, 7) is 3.59. The molecule has 0 N–H and O–H groups in total. The summed E-state index contributed by atoms with van der Waals surface area (Å²) >= 11 is 0. The van der Waals surface area contributed by atoms with Crippen LogP contribution in [0.5, 0.6) is 0 Å². The topological polar surface area (TPSA) is 23.3 Å². The van der Waals surface area contributed by atoms with Gasteiger partial charge in [0.25, 0.3) is 0 Å². The molecule has 0 saturated heterocycles. The molecule has 0 bridgehead atoms. The van der Waals surface area contributed by atoms with Crippen LogP contribution in [0.25, 0.3) is 5.70 Å². The van der Waals surface area contributed by atoms with Crippen LogP contribution in [0.3, 0.4) is 0 Å². The van der Waals surface area contributed by atoms with Crippen molar-refractivity contribution in [1.29, 1.82) is 0 Å². The van der Waals surface area contributed by atoms with Crippen molar-refractivity contribution in [3.05, 3.63) is 41.7 Å². The zero-order valence-corrected chi connectivity index (χ0v) is 8.36. The Bertz CT molecular complexity index is 329. The summed E-state index contributed by atoms with van der Waals surface area (Å²) in [5.74, 6) is 1.04. The van der Waals surface area contributed by atoms with E-state index in [0.29, 0.717) is 0 Å². The number of nitrogens with zero attached hydrogens (tertiary/aromatic N) is 1. The molecule has 1 aliphatic rings. The van der Waals surface area contributed by atoms with Gasteiger partial charge in [0.05, 0.1) is 6.61 Å². The van der Waals surface area contributed by atoms with Gasteiger partial charge in [0.1, 0.15) is 11.5 Å². The lowest BCUT2D eigenvalue weighted by Gasteiger charge is -2.06. The van der Waals surface area contributed by atoms with Gasteiger partial charge in [-0.2, -0.15) is 0 Å². The minimum absolute atomic E-state index is 0.723. The average Bonchev–Trinajstić information content (AvgIpc) is 2.68. The predicted octanol–water partition coefficient (Wildman–Crippen LogP) is 2.40. The largest absolute Gasteiger partial charge is 0.496 e. The first-order valence-electron chi connectivity index (χ1n) is 5.00. The molecular formula is C12H14NO. The van der Waals surface area contributed by atoms with Crippen LogP contribution in [0.1, 0.15) is 18.9 Å². The number of ether oxygens (including phenoxy) is 1. The molecule has 1 aliphatic heterocycles. The van der Waals surface area contributed by atoms with E-state index in [4.69, 9.17) is 4.74 Å². The smallest absolute Gasteiger partial charge is 0.123 e. The van der Waals surface area contributed by atoms with E-state index in [9.17, 15) is 0 Å². The maximum Gasteiger partial charge on any atom is 0.123 e. The highest BCUT2D eigenvalue weighted by molar-refractivity contribution is 5.67. The molecular weight excluding hydrogens is 174 g/mol. The van der Waals surface area contributed by atoms with Crippen LogP contribution in [0.15, 0.2) is 36.1 Å². The van der Waals surface area contributed by atoms with E-state index in [0.717, 1.165) is 36.6 Å². The number of hydrogen-bond donors (Lipinski definition) is 0. The molecule has 2 rings (SSSR count). The summed E-state index contributed by atoms with van der Waals surface area (Å²) in [6, 6.07) is 10.2. The van der Waals surface area contributed by atoms with Gasteiger partial charge in [-0.25, -0.2) is 0 Å². The van der Waals surface area contributed by atoms with E-state index >= 15 is 0 Å². The van der Waals surface area contributed by atoms with Crippen LogP contribution in [0.2, 0.25) is 0 Å². The quantitative estimate of drug-likeness (QED) is 0.714. The Balaban J connectivity index is 2.28. The molecule has 1 aromatic carbocycles. The van der Waals surface area contributed by atoms with E-state index in [-0.39, 0.29) is 0 Å². The van der Waals surface area contributed by atoms with E-state index < -0.39 is 0 Å². The molecule has 0 unspecified atom stereocenters. The lowest BCUT2D eigenvalue weighted by molar-refractivity contribution is 0.226. The first-order chi connectivity index (χ1) is 6.92. The lowest BCUT2D eigenvalue weighted by atomic mass is 10.1. The standard InChI is InChI=1S/C12H14NO/c1-2-14-11-8-9-13-12(11)10-6-4-3-5-7-10/h3-7H,2,8-9H2,1H3. The summed E-state index contributed by atoms with van der Waals surface area (Å²) < 4.78 is 5.56. The second-order valence-corrected chi connectivity index (χ2v) is 3.20. The van der Waals surface area contributed by atoms with Crippen molar-refractivity contribution in [1.82, 2.24) is 5.32 Å². The van der Waals surface area contributed by atoms with E-state index in [1.165, 1.54) is 0 Å². The molecule has 0 spiro atoms. The van der Waals surface area contributed by atoms with Crippen LogP contribution in [-0.4, -0.2) is 13.2 Å². The zero-order valence-electron chi connectivity index (χ0n) is 8.36. The van der Waals surface area contributed by atoms with Gasteiger partial charge in [-0.1, -0.05) is 30.3 Å². The van der Waals surface area contributed by atoms with Crippen molar-refractivity contribution in [3.63, 3.8) is 0 Å². The summed E-state index contributed by atoms with van der Waals surface area (Å²) in [4.78, 5) is 0. The zero-order chi connectivity index (χ0) is 9.80. The normalized spacial score (nSPS) is 15.5. The molecule has 0 amide bonds. The first kappa shape index (κ1) is 9.13. The van der Waals surface area contributed by atoms with E-state index in [2.05, 4.69) is 17.4 Å². The Kier molecular flexibility index (Phi) is 2.73.